The Labute approximate surface area is 185 Å². The van der Waals surface area contributed by atoms with E-state index in [1.54, 1.807) is 12.1 Å². The van der Waals surface area contributed by atoms with Gasteiger partial charge in [-0.1, -0.05) is 24.3 Å². The van der Waals surface area contributed by atoms with Gasteiger partial charge in [-0.3, -0.25) is 9.59 Å². The number of carbonyl (C=O) groups is 2. The molecule has 0 bridgehead atoms. The molecule has 0 spiro atoms. The molecule has 3 aromatic rings. The van der Waals surface area contributed by atoms with Crippen LogP contribution >= 0.6 is 0 Å². The summed E-state index contributed by atoms with van der Waals surface area (Å²) < 4.78 is 16.3. The lowest BCUT2D eigenvalue weighted by Crippen LogP contribution is -2.41. The number of ether oxygens (including phenoxy) is 2. The van der Waals surface area contributed by atoms with Crippen LogP contribution in [0.25, 0.3) is 17.0 Å². The van der Waals surface area contributed by atoms with Gasteiger partial charge in [0.1, 0.15) is 5.58 Å². The second-order valence-corrected chi connectivity index (χ2v) is 8.08. The van der Waals surface area contributed by atoms with Crippen LogP contribution in [0.1, 0.15) is 29.0 Å². The number of benzene rings is 2. The Bertz CT molecular complexity index is 1140. The number of carbonyl (C=O) groups excluding carboxylic acids is 2. The molecule has 7 heteroatoms. The molecule has 2 aliphatic rings. The van der Waals surface area contributed by atoms with Crippen LogP contribution in [-0.4, -0.2) is 43.1 Å². The molecule has 32 heavy (non-hydrogen) atoms. The van der Waals surface area contributed by atoms with E-state index < -0.39 is 0 Å². The largest absolute Gasteiger partial charge is 0.454 e. The summed E-state index contributed by atoms with van der Waals surface area (Å²) >= 11 is 0. The highest BCUT2D eigenvalue weighted by atomic mass is 16.7. The van der Waals surface area contributed by atoms with E-state index in [4.69, 9.17) is 13.9 Å². The second kappa shape index (κ2) is 8.78. The molecule has 1 fully saturated rings. The zero-order valence-electron chi connectivity index (χ0n) is 17.6. The van der Waals surface area contributed by atoms with Crippen LogP contribution in [0.5, 0.6) is 11.5 Å². The Kier molecular flexibility index (Phi) is 5.54. The minimum Gasteiger partial charge on any atom is -0.454 e. The van der Waals surface area contributed by atoms with E-state index in [1.165, 1.54) is 6.08 Å². The SMILES string of the molecule is O=C(C=Cc1ccc2c(c1)OCO2)NCC1CCN(C(=O)c2cc3ccccc3o2)CC1. The first-order chi connectivity index (χ1) is 15.7. The number of piperidine rings is 1. The second-order valence-electron chi connectivity index (χ2n) is 8.08. The summed E-state index contributed by atoms with van der Waals surface area (Å²) in [4.78, 5) is 26.8. The summed E-state index contributed by atoms with van der Waals surface area (Å²) in [5.41, 5.74) is 1.60. The Morgan fingerprint density at radius 1 is 1.03 bits per heavy atom. The van der Waals surface area contributed by atoms with Crippen molar-refractivity contribution in [3.05, 3.63) is 65.9 Å². The fourth-order valence-electron chi connectivity index (χ4n) is 4.08. The molecule has 2 aromatic carbocycles. The van der Waals surface area contributed by atoms with Crippen LogP contribution in [0.3, 0.4) is 0 Å². The van der Waals surface area contributed by atoms with Crippen molar-refractivity contribution in [2.45, 2.75) is 12.8 Å². The average molecular weight is 432 g/mol. The zero-order valence-corrected chi connectivity index (χ0v) is 17.6. The number of nitrogens with zero attached hydrogens (tertiary/aromatic N) is 1. The maximum atomic E-state index is 12.8. The van der Waals surface area contributed by atoms with Crippen molar-refractivity contribution in [1.29, 1.82) is 0 Å². The van der Waals surface area contributed by atoms with Crippen LogP contribution in [0, 0.1) is 5.92 Å². The molecule has 1 aromatic heterocycles. The number of para-hydroxylation sites is 1. The summed E-state index contributed by atoms with van der Waals surface area (Å²) in [6, 6.07) is 15.0. The Morgan fingerprint density at radius 3 is 2.69 bits per heavy atom. The molecule has 1 saturated heterocycles. The first kappa shape index (κ1) is 20.2. The Balaban J connectivity index is 1.08. The third-order valence-corrected chi connectivity index (χ3v) is 5.93. The predicted octanol–water partition coefficient (Wildman–Crippen LogP) is 3.84. The first-order valence-corrected chi connectivity index (χ1v) is 10.8. The van der Waals surface area contributed by atoms with Crippen molar-refractivity contribution >= 4 is 28.9 Å². The molecule has 2 aliphatic heterocycles. The standard InChI is InChI=1S/C25H24N2O5/c28-24(8-6-17-5-7-21-22(13-17)31-16-30-21)26-15-18-9-11-27(12-10-18)25(29)23-14-19-3-1-2-4-20(19)32-23/h1-8,13-14,18H,9-12,15-16H2,(H,26,28). The van der Waals surface area contributed by atoms with Crippen molar-refractivity contribution in [3.63, 3.8) is 0 Å². The third kappa shape index (κ3) is 4.32. The summed E-state index contributed by atoms with van der Waals surface area (Å²) in [6.45, 7) is 2.13. The number of fused-ring (bicyclic) bond motifs is 2. The van der Waals surface area contributed by atoms with Crippen LogP contribution in [0.15, 0.2) is 59.0 Å². The van der Waals surface area contributed by atoms with Crippen LogP contribution in [-0.2, 0) is 4.79 Å². The molecule has 1 N–H and O–H groups in total. The van der Waals surface area contributed by atoms with E-state index in [2.05, 4.69) is 5.32 Å². The van der Waals surface area contributed by atoms with E-state index in [9.17, 15) is 9.59 Å². The van der Waals surface area contributed by atoms with Crippen molar-refractivity contribution in [2.24, 2.45) is 5.92 Å². The maximum Gasteiger partial charge on any atom is 0.289 e. The quantitative estimate of drug-likeness (QED) is 0.620. The van der Waals surface area contributed by atoms with Gasteiger partial charge in [0, 0.05) is 31.1 Å². The number of nitrogens with one attached hydrogen (secondary N) is 1. The normalized spacial score (nSPS) is 16.1. The molecule has 3 heterocycles. The fraction of sp³-hybridized carbons (Fsp3) is 0.280. The highest BCUT2D eigenvalue weighted by Crippen LogP contribution is 2.32. The van der Waals surface area contributed by atoms with Crippen LogP contribution in [0.4, 0.5) is 0 Å². The molecule has 7 nitrogen and oxygen atoms in total. The summed E-state index contributed by atoms with van der Waals surface area (Å²) in [6.07, 6.45) is 4.97. The molecule has 2 amide bonds. The van der Waals surface area contributed by atoms with Gasteiger partial charge in [-0.05, 0) is 54.7 Å². The van der Waals surface area contributed by atoms with E-state index >= 15 is 0 Å². The molecule has 164 valence electrons. The number of amides is 2. The Hall–Kier alpha value is -3.74. The van der Waals surface area contributed by atoms with Crippen LogP contribution in [0.2, 0.25) is 0 Å². The number of hydrogen-bond acceptors (Lipinski definition) is 5. The van der Waals surface area contributed by atoms with Crippen molar-refractivity contribution in [3.8, 4) is 11.5 Å². The minimum absolute atomic E-state index is 0.0738. The first-order valence-electron chi connectivity index (χ1n) is 10.8. The lowest BCUT2D eigenvalue weighted by Gasteiger charge is -2.31. The van der Waals surface area contributed by atoms with Crippen molar-refractivity contribution in [2.75, 3.05) is 26.4 Å². The molecule has 0 aliphatic carbocycles. The number of likely N-dealkylation sites (tertiary alicyclic amines) is 1. The molecule has 0 radical (unpaired) electrons. The molecule has 0 unspecified atom stereocenters. The van der Waals surface area contributed by atoms with Gasteiger partial charge in [-0.2, -0.15) is 0 Å². The van der Waals surface area contributed by atoms with E-state index in [0.29, 0.717) is 37.1 Å². The van der Waals surface area contributed by atoms with Crippen molar-refractivity contribution < 1.29 is 23.5 Å². The summed E-state index contributed by atoms with van der Waals surface area (Å²) in [5, 5.41) is 3.90. The zero-order chi connectivity index (χ0) is 21.9. The lowest BCUT2D eigenvalue weighted by atomic mass is 9.96. The van der Waals surface area contributed by atoms with Crippen molar-refractivity contribution in [1.82, 2.24) is 10.2 Å². The van der Waals surface area contributed by atoms with Gasteiger partial charge >= 0.3 is 0 Å². The highest BCUT2D eigenvalue weighted by molar-refractivity contribution is 5.96. The highest BCUT2D eigenvalue weighted by Gasteiger charge is 2.25. The van der Waals surface area contributed by atoms with E-state index in [-0.39, 0.29) is 18.6 Å². The summed E-state index contributed by atoms with van der Waals surface area (Å²) in [7, 11) is 0. The van der Waals surface area contributed by atoms with Gasteiger partial charge in [0.15, 0.2) is 17.3 Å². The molecular formula is C25H24N2O5. The topological polar surface area (TPSA) is 81.0 Å². The van der Waals surface area contributed by atoms with Gasteiger partial charge in [0.05, 0.1) is 0 Å². The number of furan rings is 1. The lowest BCUT2D eigenvalue weighted by molar-refractivity contribution is -0.116. The molecular weight excluding hydrogens is 408 g/mol. The summed E-state index contributed by atoms with van der Waals surface area (Å²) in [5.74, 6) is 1.93. The molecule has 0 saturated carbocycles. The van der Waals surface area contributed by atoms with E-state index in [0.717, 1.165) is 35.1 Å². The Morgan fingerprint density at radius 2 is 1.84 bits per heavy atom. The van der Waals surface area contributed by atoms with Gasteiger partial charge in [-0.25, -0.2) is 0 Å². The smallest absolute Gasteiger partial charge is 0.289 e. The third-order valence-electron chi connectivity index (χ3n) is 5.93. The van der Waals surface area contributed by atoms with Gasteiger partial charge < -0.3 is 24.1 Å². The molecule has 0 atom stereocenters. The number of hydrogen-bond donors (Lipinski definition) is 1. The van der Waals surface area contributed by atoms with Crippen LogP contribution < -0.4 is 14.8 Å². The maximum absolute atomic E-state index is 12.8. The fourth-order valence-corrected chi connectivity index (χ4v) is 4.08. The van der Waals surface area contributed by atoms with Gasteiger partial charge in [0.2, 0.25) is 12.7 Å². The number of rotatable bonds is 5. The minimum atomic E-state index is -0.136. The van der Waals surface area contributed by atoms with E-state index in [1.807, 2.05) is 47.4 Å². The molecule has 5 rings (SSSR count). The monoisotopic (exact) mass is 432 g/mol. The predicted molar refractivity (Wildman–Crippen MR) is 119 cm³/mol. The average Bonchev–Trinajstić information content (AvgIpc) is 3.47. The van der Waals surface area contributed by atoms with Gasteiger partial charge in [0.25, 0.3) is 5.91 Å². The van der Waals surface area contributed by atoms with Gasteiger partial charge in [-0.15, -0.1) is 0 Å².